The van der Waals surface area contributed by atoms with Gasteiger partial charge in [0.15, 0.2) is 0 Å². The molecule has 0 aliphatic heterocycles. The largest absolute Gasteiger partial charge is 0.480 e. The van der Waals surface area contributed by atoms with Crippen molar-refractivity contribution in [1.82, 2.24) is 4.90 Å². The van der Waals surface area contributed by atoms with Gasteiger partial charge in [0.2, 0.25) is 5.91 Å². The zero-order chi connectivity index (χ0) is 14.6. The molecule has 0 aliphatic carbocycles. The van der Waals surface area contributed by atoms with Crippen LogP contribution < -0.4 is 0 Å². The van der Waals surface area contributed by atoms with Crippen molar-refractivity contribution in [3.05, 3.63) is 35.4 Å². The molecule has 0 radical (unpaired) electrons. The van der Waals surface area contributed by atoms with Crippen molar-refractivity contribution in [1.29, 1.82) is 0 Å². The molecule has 1 amide bonds. The first kappa shape index (κ1) is 15.2. The zero-order valence-electron chi connectivity index (χ0n) is 11.9. The van der Waals surface area contributed by atoms with Crippen LogP contribution in [0.5, 0.6) is 0 Å². The molecule has 4 nitrogen and oxygen atoms in total. The number of amides is 1. The number of nitrogens with zero attached hydrogens (tertiary/aromatic N) is 1. The molecule has 1 aromatic carbocycles. The fourth-order valence-corrected chi connectivity index (χ4v) is 1.87. The van der Waals surface area contributed by atoms with Gasteiger partial charge in [-0.15, -0.1) is 0 Å². The summed E-state index contributed by atoms with van der Waals surface area (Å²) >= 11 is 0. The van der Waals surface area contributed by atoms with Gasteiger partial charge >= 0.3 is 5.97 Å². The van der Waals surface area contributed by atoms with Gasteiger partial charge in [-0.3, -0.25) is 4.79 Å². The predicted octanol–water partition coefficient (Wildman–Crippen LogP) is 2.11. The molecule has 1 aromatic rings. The molecule has 0 fully saturated rings. The van der Waals surface area contributed by atoms with Crippen LogP contribution in [0.25, 0.3) is 0 Å². The monoisotopic (exact) mass is 263 g/mol. The van der Waals surface area contributed by atoms with Crippen LogP contribution in [0, 0.1) is 12.8 Å². The lowest BCUT2D eigenvalue weighted by Gasteiger charge is -2.25. The van der Waals surface area contributed by atoms with E-state index in [1.54, 1.807) is 0 Å². The molecule has 0 aliphatic rings. The third-order valence-corrected chi connectivity index (χ3v) is 3.37. The maximum absolute atomic E-state index is 12.1. The molecule has 2 atom stereocenters. The first-order valence-electron chi connectivity index (χ1n) is 6.38. The van der Waals surface area contributed by atoms with Crippen LogP contribution in [-0.2, 0) is 16.0 Å². The molecule has 0 heterocycles. The number of hydrogen-bond acceptors (Lipinski definition) is 2. The smallest absolute Gasteiger partial charge is 0.326 e. The van der Waals surface area contributed by atoms with Crippen molar-refractivity contribution in [3.63, 3.8) is 0 Å². The molecule has 0 saturated heterocycles. The minimum absolute atomic E-state index is 0.143. The van der Waals surface area contributed by atoms with Gasteiger partial charge in [-0.2, -0.15) is 0 Å². The van der Waals surface area contributed by atoms with E-state index >= 15 is 0 Å². The van der Waals surface area contributed by atoms with Gasteiger partial charge in [0, 0.05) is 13.0 Å². The molecule has 104 valence electrons. The number of hydrogen-bond donors (Lipinski definition) is 1. The van der Waals surface area contributed by atoms with Crippen LogP contribution in [0.2, 0.25) is 0 Å². The first-order valence-corrected chi connectivity index (χ1v) is 6.38. The summed E-state index contributed by atoms with van der Waals surface area (Å²) in [7, 11) is 1.53. The maximum Gasteiger partial charge on any atom is 0.326 e. The van der Waals surface area contributed by atoms with Gasteiger partial charge in [-0.25, -0.2) is 4.79 Å². The van der Waals surface area contributed by atoms with Crippen LogP contribution in [0.4, 0.5) is 0 Å². The van der Waals surface area contributed by atoms with E-state index in [0.717, 1.165) is 5.56 Å². The topological polar surface area (TPSA) is 57.6 Å². The second kappa shape index (κ2) is 6.36. The lowest BCUT2D eigenvalue weighted by atomic mass is 9.98. The van der Waals surface area contributed by atoms with Gasteiger partial charge < -0.3 is 10.0 Å². The average molecular weight is 263 g/mol. The molecule has 4 heteroatoms. The van der Waals surface area contributed by atoms with Crippen molar-refractivity contribution < 1.29 is 14.7 Å². The Kier molecular flexibility index (Phi) is 5.10. The standard InChI is InChI=1S/C15H21NO3/c1-10-5-7-13(8-6-10)9-11(2)14(17)16(4)12(3)15(18)19/h5-8,11-12H,9H2,1-4H3,(H,18,19). The van der Waals surface area contributed by atoms with Gasteiger partial charge in [0.05, 0.1) is 0 Å². The summed E-state index contributed by atoms with van der Waals surface area (Å²) in [4.78, 5) is 24.3. The molecular weight excluding hydrogens is 242 g/mol. The number of aryl methyl sites for hydroxylation is 1. The third-order valence-electron chi connectivity index (χ3n) is 3.37. The van der Waals surface area contributed by atoms with Crippen molar-refractivity contribution in [2.45, 2.75) is 33.2 Å². The summed E-state index contributed by atoms with van der Waals surface area (Å²) in [6, 6.07) is 7.22. The Morgan fingerprint density at radius 3 is 2.21 bits per heavy atom. The molecule has 0 aromatic heterocycles. The summed E-state index contributed by atoms with van der Waals surface area (Å²) < 4.78 is 0. The quantitative estimate of drug-likeness (QED) is 0.885. The molecular formula is C15H21NO3. The van der Waals surface area contributed by atoms with E-state index in [1.165, 1.54) is 24.4 Å². The average Bonchev–Trinajstić information content (AvgIpc) is 2.38. The third kappa shape index (κ3) is 4.09. The van der Waals surface area contributed by atoms with Crippen molar-refractivity contribution in [2.24, 2.45) is 5.92 Å². The number of carboxylic acids is 1. The van der Waals surface area contributed by atoms with Crippen LogP contribution in [-0.4, -0.2) is 35.0 Å². The van der Waals surface area contributed by atoms with E-state index in [0.29, 0.717) is 6.42 Å². The van der Waals surface area contributed by atoms with Crippen molar-refractivity contribution >= 4 is 11.9 Å². The minimum Gasteiger partial charge on any atom is -0.480 e. The van der Waals surface area contributed by atoms with Gasteiger partial charge in [0.1, 0.15) is 6.04 Å². The molecule has 2 unspecified atom stereocenters. The van der Waals surface area contributed by atoms with Crippen LogP contribution >= 0.6 is 0 Å². The number of likely N-dealkylation sites (N-methyl/N-ethyl adjacent to an activating group) is 1. The van der Waals surface area contributed by atoms with E-state index in [4.69, 9.17) is 5.11 Å². The summed E-state index contributed by atoms with van der Waals surface area (Å²) in [6.45, 7) is 5.35. The number of benzene rings is 1. The molecule has 0 bridgehead atoms. The van der Waals surface area contributed by atoms with Crippen LogP contribution in [0.15, 0.2) is 24.3 Å². The molecule has 0 spiro atoms. The normalized spacial score (nSPS) is 13.7. The summed E-state index contributed by atoms with van der Waals surface area (Å²) in [5.74, 6) is -1.36. The van der Waals surface area contributed by atoms with Crippen molar-refractivity contribution in [2.75, 3.05) is 7.05 Å². The predicted molar refractivity (Wildman–Crippen MR) is 73.9 cm³/mol. The number of aliphatic carboxylic acids is 1. The Morgan fingerprint density at radius 2 is 1.74 bits per heavy atom. The van der Waals surface area contributed by atoms with E-state index in [2.05, 4.69) is 0 Å². The maximum atomic E-state index is 12.1. The van der Waals surface area contributed by atoms with Gasteiger partial charge in [0.25, 0.3) is 0 Å². The number of carbonyl (C=O) groups excluding carboxylic acids is 1. The van der Waals surface area contributed by atoms with E-state index in [1.807, 2.05) is 38.1 Å². The second-order valence-electron chi connectivity index (χ2n) is 5.05. The lowest BCUT2D eigenvalue weighted by molar-refractivity contribution is -0.149. The SMILES string of the molecule is Cc1ccc(CC(C)C(=O)N(C)C(C)C(=O)O)cc1. The Labute approximate surface area is 114 Å². The van der Waals surface area contributed by atoms with E-state index in [9.17, 15) is 9.59 Å². The van der Waals surface area contributed by atoms with Crippen LogP contribution in [0.3, 0.4) is 0 Å². The summed E-state index contributed by atoms with van der Waals surface area (Å²) in [6.07, 6.45) is 0.621. The highest BCUT2D eigenvalue weighted by molar-refractivity contribution is 5.84. The Hall–Kier alpha value is -1.84. The molecule has 1 N–H and O–H groups in total. The van der Waals surface area contributed by atoms with Gasteiger partial charge in [-0.1, -0.05) is 36.8 Å². The lowest BCUT2D eigenvalue weighted by Crippen LogP contribution is -2.43. The van der Waals surface area contributed by atoms with E-state index in [-0.39, 0.29) is 11.8 Å². The Bertz CT molecular complexity index is 453. The fraction of sp³-hybridized carbons (Fsp3) is 0.467. The molecule has 0 saturated carbocycles. The number of rotatable bonds is 5. The van der Waals surface area contributed by atoms with E-state index < -0.39 is 12.0 Å². The highest BCUT2D eigenvalue weighted by Gasteiger charge is 2.25. The van der Waals surface area contributed by atoms with Crippen LogP contribution in [0.1, 0.15) is 25.0 Å². The fourth-order valence-electron chi connectivity index (χ4n) is 1.87. The molecule has 1 rings (SSSR count). The van der Waals surface area contributed by atoms with Gasteiger partial charge in [-0.05, 0) is 25.8 Å². The highest BCUT2D eigenvalue weighted by atomic mass is 16.4. The zero-order valence-corrected chi connectivity index (χ0v) is 11.9. The molecule has 19 heavy (non-hydrogen) atoms. The summed E-state index contributed by atoms with van der Waals surface area (Å²) in [5, 5.41) is 8.91. The highest BCUT2D eigenvalue weighted by Crippen LogP contribution is 2.13. The second-order valence-corrected chi connectivity index (χ2v) is 5.05. The Morgan fingerprint density at radius 1 is 1.21 bits per heavy atom. The minimum atomic E-state index is -0.988. The van der Waals surface area contributed by atoms with Crippen molar-refractivity contribution in [3.8, 4) is 0 Å². The summed E-state index contributed by atoms with van der Waals surface area (Å²) in [5.41, 5.74) is 2.27. The number of carboxylic acid groups (broad SMARTS) is 1. The first-order chi connectivity index (χ1) is 8.82. The Balaban J connectivity index is 2.67. The number of carbonyl (C=O) groups is 2.